The Balaban J connectivity index is 1.28. The van der Waals surface area contributed by atoms with Gasteiger partial charge < -0.3 is 15.0 Å². The summed E-state index contributed by atoms with van der Waals surface area (Å²) in [6.07, 6.45) is 2.84. The highest BCUT2D eigenvalue weighted by atomic mass is 32.2. The van der Waals surface area contributed by atoms with Crippen LogP contribution >= 0.6 is 0 Å². The molecule has 198 valence electrons. The zero-order valence-electron chi connectivity index (χ0n) is 21.3. The Kier molecular flexibility index (Phi) is 7.49. The van der Waals surface area contributed by atoms with Gasteiger partial charge in [-0.3, -0.25) is 9.59 Å². The summed E-state index contributed by atoms with van der Waals surface area (Å²) >= 11 is 0. The number of hydrogen-bond donors (Lipinski definition) is 1. The molecule has 2 amide bonds. The Labute approximate surface area is 223 Å². The fourth-order valence-corrected chi connectivity index (χ4v) is 6.36. The predicted molar refractivity (Wildman–Crippen MR) is 146 cm³/mol. The van der Waals surface area contributed by atoms with Gasteiger partial charge in [-0.2, -0.15) is 4.31 Å². The van der Waals surface area contributed by atoms with E-state index in [1.165, 1.54) is 28.6 Å². The number of sulfonamides is 1. The van der Waals surface area contributed by atoms with Gasteiger partial charge in [0.2, 0.25) is 10.0 Å². The summed E-state index contributed by atoms with van der Waals surface area (Å²) in [4.78, 5) is 27.7. The Morgan fingerprint density at radius 3 is 2.39 bits per heavy atom. The number of fused-ring (bicyclic) bond motifs is 1. The predicted octanol–water partition coefficient (Wildman–Crippen LogP) is 4.47. The van der Waals surface area contributed by atoms with E-state index in [4.69, 9.17) is 4.74 Å². The number of rotatable bonds is 7. The average Bonchev–Trinajstić information content (AvgIpc) is 2.94. The number of anilines is 2. The lowest BCUT2D eigenvalue weighted by Crippen LogP contribution is -2.45. The van der Waals surface area contributed by atoms with E-state index in [1.807, 2.05) is 30.3 Å². The van der Waals surface area contributed by atoms with E-state index in [0.717, 1.165) is 24.8 Å². The zero-order valence-corrected chi connectivity index (χ0v) is 22.1. The molecule has 0 spiro atoms. The number of nitrogens with zero attached hydrogens (tertiary/aromatic N) is 2. The Morgan fingerprint density at radius 2 is 1.68 bits per heavy atom. The smallest absolute Gasteiger partial charge is 0.267 e. The largest absolute Gasteiger partial charge is 0.479 e. The van der Waals surface area contributed by atoms with Gasteiger partial charge in [0.05, 0.1) is 10.6 Å². The van der Waals surface area contributed by atoms with E-state index in [1.54, 1.807) is 30.0 Å². The van der Waals surface area contributed by atoms with Crippen LogP contribution in [-0.2, 0) is 21.2 Å². The van der Waals surface area contributed by atoms with Gasteiger partial charge in [-0.1, -0.05) is 36.8 Å². The molecule has 2 heterocycles. The zero-order chi connectivity index (χ0) is 26.7. The lowest BCUT2D eigenvalue weighted by Gasteiger charge is -2.33. The fourth-order valence-electron chi connectivity index (χ4n) is 4.84. The van der Waals surface area contributed by atoms with Crippen molar-refractivity contribution in [3.63, 3.8) is 0 Å². The normalized spacial score (nSPS) is 18.0. The monoisotopic (exact) mass is 533 g/mol. The van der Waals surface area contributed by atoms with Crippen molar-refractivity contribution in [2.75, 3.05) is 29.9 Å². The van der Waals surface area contributed by atoms with Crippen LogP contribution in [0, 0.1) is 0 Å². The summed E-state index contributed by atoms with van der Waals surface area (Å²) in [7, 11) is -3.56. The van der Waals surface area contributed by atoms with E-state index in [0.29, 0.717) is 48.7 Å². The van der Waals surface area contributed by atoms with Crippen LogP contribution in [0.4, 0.5) is 11.4 Å². The number of nitrogens with one attached hydrogen (secondary N) is 1. The van der Waals surface area contributed by atoms with Gasteiger partial charge in [-0.15, -0.1) is 0 Å². The minimum atomic E-state index is -3.56. The number of benzene rings is 3. The van der Waals surface area contributed by atoms with Crippen molar-refractivity contribution < 1.29 is 22.7 Å². The Bertz CT molecular complexity index is 1420. The van der Waals surface area contributed by atoms with Gasteiger partial charge in [-0.05, 0) is 68.1 Å². The van der Waals surface area contributed by atoms with E-state index < -0.39 is 16.1 Å². The van der Waals surface area contributed by atoms with Crippen LogP contribution in [0.15, 0.2) is 77.7 Å². The molecule has 2 aliphatic heterocycles. The van der Waals surface area contributed by atoms with Gasteiger partial charge in [0, 0.05) is 37.0 Å². The maximum atomic E-state index is 12.9. The van der Waals surface area contributed by atoms with Crippen LogP contribution in [0.5, 0.6) is 5.75 Å². The lowest BCUT2D eigenvalue weighted by molar-refractivity contribution is -0.125. The van der Waals surface area contributed by atoms with Crippen molar-refractivity contribution in [1.82, 2.24) is 4.31 Å². The molecule has 38 heavy (non-hydrogen) atoms. The average molecular weight is 534 g/mol. The SMILES string of the molecule is CC1Oc2cc(NC(=O)c3ccc(S(=O)(=O)N4CCCCC4)cc3)ccc2N(CCc2ccccc2)C1=O. The molecular weight excluding hydrogens is 502 g/mol. The molecule has 3 aromatic rings. The molecule has 0 radical (unpaired) electrons. The van der Waals surface area contributed by atoms with Gasteiger partial charge >= 0.3 is 0 Å². The van der Waals surface area contributed by atoms with Crippen molar-refractivity contribution in [2.45, 2.75) is 43.6 Å². The van der Waals surface area contributed by atoms with Gasteiger partial charge in [0.25, 0.3) is 11.8 Å². The first-order valence-corrected chi connectivity index (χ1v) is 14.3. The standard InChI is InChI=1S/C29H31N3O5S/c1-21-29(34)32(19-16-22-8-4-2-5-9-22)26-15-12-24(20-27(26)37-21)30-28(33)23-10-13-25(14-11-23)38(35,36)31-17-6-3-7-18-31/h2,4-5,8-15,20-21H,3,6-7,16-19H2,1H3,(H,30,33). The van der Waals surface area contributed by atoms with Crippen LogP contribution in [0.3, 0.4) is 0 Å². The van der Waals surface area contributed by atoms with Crippen molar-refractivity contribution in [3.8, 4) is 5.75 Å². The van der Waals surface area contributed by atoms with E-state index in [2.05, 4.69) is 5.32 Å². The maximum Gasteiger partial charge on any atom is 0.267 e. The van der Waals surface area contributed by atoms with Crippen molar-refractivity contribution in [1.29, 1.82) is 0 Å². The summed E-state index contributed by atoms with van der Waals surface area (Å²) in [6, 6.07) is 21.2. The minimum absolute atomic E-state index is 0.107. The number of carbonyl (C=O) groups is 2. The molecule has 3 aromatic carbocycles. The van der Waals surface area contributed by atoms with Gasteiger partial charge in [0.15, 0.2) is 6.10 Å². The first-order valence-electron chi connectivity index (χ1n) is 12.9. The van der Waals surface area contributed by atoms with Crippen LogP contribution in [-0.4, -0.2) is 50.3 Å². The number of piperidine rings is 1. The second-order valence-electron chi connectivity index (χ2n) is 9.61. The van der Waals surface area contributed by atoms with E-state index in [-0.39, 0.29) is 16.7 Å². The highest BCUT2D eigenvalue weighted by molar-refractivity contribution is 7.89. The summed E-state index contributed by atoms with van der Waals surface area (Å²) < 4.78 is 33.1. The second-order valence-corrected chi connectivity index (χ2v) is 11.5. The van der Waals surface area contributed by atoms with Crippen LogP contribution in [0.25, 0.3) is 0 Å². The van der Waals surface area contributed by atoms with E-state index in [9.17, 15) is 18.0 Å². The highest BCUT2D eigenvalue weighted by Crippen LogP contribution is 2.36. The quantitative estimate of drug-likeness (QED) is 0.484. The number of amides is 2. The molecule has 0 aromatic heterocycles. The molecule has 1 fully saturated rings. The third kappa shape index (κ3) is 5.44. The molecule has 1 atom stereocenters. The summed E-state index contributed by atoms with van der Waals surface area (Å²) in [5.41, 5.74) is 2.66. The summed E-state index contributed by atoms with van der Waals surface area (Å²) in [5.74, 6) is 0.0449. The molecule has 2 aliphatic rings. The van der Waals surface area contributed by atoms with Gasteiger partial charge in [0.1, 0.15) is 5.75 Å². The molecule has 5 rings (SSSR count). The van der Waals surface area contributed by atoms with Crippen LogP contribution in [0.2, 0.25) is 0 Å². The molecule has 1 unspecified atom stereocenters. The van der Waals surface area contributed by atoms with Crippen molar-refractivity contribution in [2.24, 2.45) is 0 Å². The molecule has 0 bridgehead atoms. The first kappa shape index (κ1) is 25.9. The lowest BCUT2D eigenvalue weighted by atomic mass is 10.1. The Morgan fingerprint density at radius 1 is 0.974 bits per heavy atom. The van der Waals surface area contributed by atoms with Crippen LogP contribution < -0.4 is 15.0 Å². The molecule has 1 N–H and O–H groups in total. The molecule has 1 saturated heterocycles. The van der Waals surface area contributed by atoms with Crippen molar-refractivity contribution in [3.05, 3.63) is 83.9 Å². The second kappa shape index (κ2) is 11.0. The third-order valence-electron chi connectivity index (χ3n) is 6.96. The topological polar surface area (TPSA) is 96.0 Å². The maximum absolute atomic E-state index is 12.9. The number of ether oxygens (including phenoxy) is 1. The summed E-state index contributed by atoms with van der Waals surface area (Å²) in [6.45, 7) is 3.28. The van der Waals surface area contributed by atoms with Gasteiger partial charge in [-0.25, -0.2) is 8.42 Å². The Hall–Kier alpha value is -3.69. The molecule has 8 nitrogen and oxygen atoms in total. The summed E-state index contributed by atoms with van der Waals surface area (Å²) in [5, 5.41) is 2.85. The number of carbonyl (C=O) groups excluding carboxylic acids is 2. The molecule has 9 heteroatoms. The van der Waals surface area contributed by atoms with Crippen LogP contribution in [0.1, 0.15) is 42.1 Å². The highest BCUT2D eigenvalue weighted by Gasteiger charge is 2.31. The van der Waals surface area contributed by atoms with E-state index >= 15 is 0 Å². The number of hydrogen-bond acceptors (Lipinski definition) is 5. The fraction of sp³-hybridized carbons (Fsp3) is 0.310. The molecule has 0 saturated carbocycles. The first-order chi connectivity index (χ1) is 18.3. The third-order valence-corrected chi connectivity index (χ3v) is 8.88. The molecular formula is C29H31N3O5S. The van der Waals surface area contributed by atoms with Crippen molar-refractivity contribution >= 4 is 33.2 Å². The molecule has 0 aliphatic carbocycles. The minimum Gasteiger partial charge on any atom is -0.479 e.